The molecule has 0 aliphatic heterocycles. The molecule has 94 valence electrons. The summed E-state index contributed by atoms with van der Waals surface area (Å²) in [6, 6.07) is 9.67. The maximum Gasteiger partial charge on any atom is 0.165 e. The van der Waals surface area contributed by atoms with Crippen molar-refractivity contribution in [3.8, 4) is 11.5 Å². The van der Waals surface area contributed by atoms with E-state index in [0.717, 1.165) is 4.47 Å². The van der Waals surface area contributed by atoms with Gasteiger partial charge in [-0.2, -0.15) is 0 Å². The number of hydrogen-bond acceptors (Lipinski definition) is 1. The van der Waals surface area contributed by atoms with Crippen LogP contribution < -0.4 is 4.74 Å². The summed E-state index contributed by atoms with van der Waals surface area (Å²) in [4.78, 5) is 0. The largest absolute Gasteiger partial charge is 0.452 e. The van der Waals surface area contributed by atoms with Gasteiger partial charge in [-0.1, -0.05) is 39.7 Å². The topological polar surface area (TPSA) is 9.23 Å². The van der Waals surface area contributed by atoms with Gasteiger partial charge in [0.1, 0.15) is 0 Å². The molecule has 2 aromatic carbocycles. The van der Waals surface area contributed by atoms with Crippen molar-refractivity contribution in [1.29, 1.82) is 0 Å². The Labute approximate surface area is 123 Å². The van der Waals surface area contributed by atoms with Crippen molar-refractivity contribution in [3.05, 3.63) is 57.3 Å². The molecule has 2 rings (SSSR count). The Morgan fingerprint density at radius 3 is 2.72 bits per heavy atom. The molecule has 18 heavy (non-hydrogen) atoms. The molecule has 1 nitrogen and oxygen atoms in total. The van der Waals surface area contributed by atoms with Crippen molar-refractivity contribution >= 4 is 39.1 Å². The fourth-order valence-electron chi connectivity index (χ4n) is 1.44. The van der Waals surface area contributed by atoms with Crippen LogP contribution in [0.1, 0.15) is 5.56 Å². The molecule has 0 fully saturated rings. The van der Waals surface area contributed by atoms with E-state index in [4.69, 9.17) is 27.9 Å². The van der Waals surface area contributed by atoms with Crippen LogP contribution in [-0.4, -0.2) is 0 Å². The summed E-state index contributed by atoms with van der Waals surface area (Å²) < 4.78 is 19.8. The van der Waals surface area contributed by atoms with Crippen molar-refractivity contribution in [2.24, 2.45) is 0 Å². The molecule has 0 saturated heterocycles. The molecular formula is C13H8BrCl2FO. The second kappa shape index (κ2) is 5.91. The van der Waals surface area contributed by atoms with E-state index < -0.39 is 5.82 Å². The zero-order chi connectivity index (χ0) is 13.1. The van der Waals surface area contributed by atoms with E-state index in [1.165, 1.54) is 12.1 Å². The van der Waals surface area contributed by atoms with Gasteiger partial charge in [0, 0.05) is 10.0 Å². The molecule has 0 N–H and O–H groups in total. The molecule has 2 aromatic rings. The van der Waals surface area contributed by atoms with Gasteiger partial charge in [0.15, 0.2) is 17.3 Å². The molecule has 0 aliphatic rings. The van der Waals surface area contributed by atoms with Gasteiger partial charge in [0.2, 0.25) is 0 Å². The Morgan fingerprint density at radius 1 is 1.22 bits per heavy atom. The van der Waals surface area contributed by atoms with Gasteiger partial charge in [-0.25, -0.2) is 4.39 Å². The van der Waals surface area contributed by atoms with Crippen molar-refractivity contribution < 1.29 is 9.13 Å². The van der Waals surface area contributed by atoms with Crippen LogP contribution in [-0.2, 0) is 5.88 Å². The highest BCUT2D eigenvalue weighted by atomic mass is 79.9. The molecule has 0 radical (unpaired) electrons. The number of benzene rings is 2. The zero-order valence-corrected chi connectivity index (χ0v) is 12.2. The van der Waals surface area contributed by atoms with Gasteiger partial charge in [0.05, 0.1) is 10.9 Å². The number of alkyl halides is 1. The fourth-order valence-corrected chi connectivity index (χ4v) is 2.22. The van der Waals surface area contributed by atoms with Crippen LogP contribution in [0, 0.1) is 5.82 Å². The Balaban J connectivity index is 2.42. The van der Waals surface area contributed by atoms with E-state index in [0.29, 0.717) is 16.3 Å². The lowest BCUT2D eigenvalue weighted by Crippen LogP contribution is -1.93. The Bertz CT molecular complexity index is 575. The van der Waals surface area contributed by atoms with Gasteiger partial charge < -0.3 is 4.74 Å². The average Bonchev–Trinajstić information content (AvgIpc) is 2.36. The molecule has 0 amide bonds. The predicted molar refractivity (Wildman–Crippen MR) is 75.2 cm³/mol. The van der Waals surface area contributed by atoms with Gasteiger partial charge in [-0.05, 0) is 24.3 Å². The van der Waals surface area contributed by atoms with Gasteiger partial charge in [0.25, 0.3) is 0 Å². The second-order valence-corrected chi connectivity index (χ2v) is 5.13. The molecule has 5 heteroatoms. The van der Waals surface area contributed by atoms with Crippen LogP contribution in [0.4, 0.5) is 4.39 Å². The van der Waals surface area contributed by atoms with Crippen LogP contribution in [0.15, 0.2) is 40.9 Å². The van der Waals surface area contributed by atoms with E-state index in [1.807, 2.05) is 0 Å². The number of halogens is 4. The third-order valence-electron chi connectivity index (χ3n) is 2.30. The standard InChI is InChI=1S/C13H8BrCl2FO/c14-9-4-5-11(17)12(6-9)18-13-8(7-15)2-1-3-10(13)16/h1-6H,7H2. The minimum Gasteiger partial charge on any atom is -0.452 e. The fraction of sp³-hybridized carbons (Fsp3) is 0.0769. The molecule has 0 unspecified atom stereocenters. The van der Waals surface area contributed by atoms with E-state index in [9.17, 15) is 4.39 Å². The maximum atomic E-state index is 13.6. The van der Waals surface area contributed by atoms with Crippen LogP contribution in [0.3, 0.4) is 0 Å². The molecule has 0 aromatic heterocycles. The molecule has 0 heterocycles. The molecule has 0 atom stereocenters. The molecule has 0 bridgehead atoms. The normalized spacial score (nSPS) is 10.4. The summed E-state index contributed by atoms with van der Waals surface area (Å²) in [6.07, 6.45) is 0. The van der Waals surface area contributed by atoms with Crippen LogP contribution in [0.25, 0.3) is 0 Å². The van der Waals surface area contributed by atoms with Crippen LogP contribution >= 0.6 is 39.1 Å². The van der Waals surface area contributed by atoms with Gasteiger partial charge in [-0.3, -0.25) is 0 Å². The van der Waals surface area contributed by atoms with Gasteiger partial charge >= 0.3 is 0 Å². The first kappa shape index (κ1) is 13.7. The monoisotopic (exact) mass is 348 g/mol. The maximum absolute atomic E-state index is 13.6. The van der Waals surface area contributed by atoms with E-state index in [1.54, 1.807) is 24.3 Å². The molecule has 0 spiro atoms. The zero-order valence-electron chi connectivity index (χ0n) is 9.09. The van der Waals surface area contributed by atoms with Crippen molar-refractivity contribution in [2.75, 3.05) is 0 Å². The first-order chi connectivity index (χ1) is 8.61. The number of hydrogen-bond donors (Lipinski definition) is 0. The third-order valence-corrected chi connectivity index (χ3v) is 3.38. The van der Waals surface area contributed by atoms with Gasteiger partial charge in [-0.15, -0.1) is 11.6 Å². The summed E-state index contributed by atoms with van der Waals surface area (Å²) in [5.41, 5.74) is 0.712. The van der Waals surface area contributed by atoms with Crippen molar-refractivity contribution in [1.82, 2.24) is 0 Å². The van der Waals surface area contributed by atoms with E-state index >= 15 is 0 Å². The summed E-state index contributed by atoms with van der Waals surface area (Å²) in [5.74, 6) is 0.263. The highest BCUT2D eigenvalue weighted by molar-refractivity contribution is 9.10. The molecule has 0 aliphatic carbocycles. The first-order valence-corrected chi connectivity index (χ1v) is 6.78. The van der Waals surface area contributed by atoms with E-state index in [-0.39, 0.29) is 11.6 Å². The number of rotatable bonds is 3. The number of ether oxygens (including phenoxy) is 1. The highest BCUT2D eigenvalue weighted by Gasteiger charge is 2.12. The Hall–Kier alpha value is -0.770. The summed E-state index contributed by atoms with van der Waals surface area (Å²) in [7, 11) is 0. The average molecular weight is 350 g/mol. The second-order valence-electron chi connectivity index (χ2n) is 3.54. The Morgan fingerprint density at radius 2 is 2.00 bits per heavy atom. The SMILES string of the molecule is Fc1ccc(Br)cc1Oc1c(Cl)cccc1CCl. The minimum absolute atomic E-state index is 0.101. The van der Waals surface area contributed by atoms with Crippen LogP contribution in [0.5, 0.6) is 11.5 Å². The number of para-hydroxylation sites is 1. The van der Waals surface area contributed by atoms with Crippen molar-refractivity contribution in [3.63, 3.8) is 0 Å². The summed E-state index contributed by atoms with van der Waals surface area (Å²) >= 11 is 15.1. The lowest BCUT2D eigenvalue weighted by Gasteiger charge is -2.12. The molecule has 0 saturated carbocycles. The first-order valence-electron chi connectivity index (χ1n) is 5.08. The third kappa shape index (κ3) is 2.97. The van der Waals surface area contributed by atoms with E-state index in [2.05, 4.69) is 15.9 Å². The summed E-state index contributed by atoms with van der Waals surface area (Å²) in [6.45, 7) is 0. The molecular weight excluding hydrogens is 342 g/mol. The lowest BCUT2D eigenvalue weighted by molar-refractivity contribution is 0.439. The predicted octanol–water partition coefficient (Wildman–Crippen LogP) is 5.77. The summed E-state index contributed by atoms with van der Waals surface area (Å²) in [5, 5.41) is 0.396. The van der Waals surface area contributed by atoms with Crippen molar-refractivity contribution in [2.45, 2.75) is 5.88 Å². The quantitative estimate of drug-likeness (QED) is 0.639. The smallest absolute Gasteiger partial charge is 0.165 e. The Kier molecular flexibility index (Phi) is 4.49. The van der Waals surface area contributed by atoms with Crippen LogP contribution in [0.2, 0.25) is 5.02 Å². The minimum atomic E-state index is -0.460. The highest BCUT2D eigenvalue weighted by Crippen LogP contribution is 2.35. The lowest BCUT2D eigenvalue weighted by atomic mass is 10.2.